The number of rotatable bonds is 4. The zero-order valence-electron chi connectivity index (χ0n) is 11.3. The third-order valence-electron chi connectivity index (χ3n) is 3.55. The van der Waals surface area contributed by atoms with Gasteiger partial charge in [0, 0.05) is 25.9 Å². The third kappa shape index (κ3) is 2.98. The van der Waals surface area contributed by atoms with E-state index in [2.05, 4.69) is 4.90 Å². The van der Waals surface area contributed by atoms with Gasteiger partial charge in [-0.2, -0.15) is 0 Å². The maximum atomic E-state index is 11.2. The van der Waals surface area contributed by atoms with Gasteiger partial charge >= 0.3 is 5.97 Å². The summed E-state index contributed by atoms with van der Waals surface area (Å²) in [4.78, 5) is 13.4. The molecule has 0 atom stereocenters. The van der Waals surface area contributed by atoms with Gasteiger partial charge in [-0.05, 0) is 31.0 Å². The fourth-order valence-corrected chi connectivity index (χ4v) is 2.41. The van der Waals surface area contributed by atoms with Crippen molar-refractivity contribution in [3.63, 3.8) is 0 Å². The highest BCUT2D eigenvalue weighted by Crippen LogP contribution is 2.27. The summed E-state index contributed by atoms with van der Waals surface area (Å²) in [5.74, 6) is -0.575. The van der Waals surface area contributed by atoms with E-state index in [0.29, 0.717) is 11.9 Å². The Morgan fingerprint density at radius 2 is 2.00 bits per heavy atom. The van der Waals surface area contributed by atoms with E-state index in [1.54, 1.807) is 19.2 Å². The highest BCUT2D eigenvalue weighted by Gasteiger charge is 2.20. The van der Waals surface area contributed by atoms with E-state index in [1.165, 1.54) is 7.11 Å². The highest BCUT2D eigenvalue weighted by atomic mass is 16.5. The van der Waals surface area contributed by atoms with Crippen LogP contribution < -0.4 is 9.64 Å². The van der Waals surface area contributed by atoms with Crippen LogP contribution in [0.5, 0.6) is 5.75 Å². The molecule has 0 saturated carbocycles. The topological polar surface area (TPSA) is 59.0 Å². The number of benzene rings is 1. The highest BCUT2D eigenvalue weighted by molar-refractivity contribution is 5.92. The molecule has 19 heavy (non-hydrogen) atoms. The lowest BCUT2D eigenvalue weighted by Gasteiger charge is -2.33. The van der Waals surface area contributed by atoms with Crippen LogP contribution in [0, 0.1) is 0 Å². The number of aromatic carboxylic acids is 1. The van der Waals surface area contributed by atoms with Crippen molar-refractivity contribution in [2.45, 2.75) is 18.9 Å². The quantitative estimate of drug-likeness (QED) is 0.902. The molecule has 0 radical (unpaired) electrons. The number of piperidine rings is 1. The van der Waals surface area contributed by atoms with E-state index in [9.17, 15) is 9.90 Å². The average Bonchev–Trinajstić information content (AvgIpc) is 2.46. The molecule has 1 saturated heterocycles. The minimum absolute atomic E-state index is 0.203. The first-order valence-corrected chi connectivity index (χ1v) is 6.34. The largest absolute Gasteiger partial charge is 0.496 e. The van der Waals surface area contributed by atoms with E-state index in [1.807, 2.05) is 6.07 Å². The second-order valence-electron chi connectivity index (χ2n) is 4.61. The molecule has 0 aliphatic carbocycles. The van der Waals surface area contributed by atoms with Crippen LogP contribution >= 0.6 is 0 Å². The van der Waals surface area contributed by atoms with Crippen molar-refractivity contribution in [1.82, 2.24) is 0 Å². The summed E-state index contributed by atoms with van der Waals surface area (Å²) in [5, 5.41) is 9.18. The van der Waals surface area contributed by atoms with Crippen molar-refractivity contribution >= 4 is 11.7 Å². The molecular formula is C14H19NO4. The normalized spacial score (nSPS) is 16.4. The monoisotopic (exact) mass is 265 g/mol. The number of hydrogen-bond donors (Lipinski definition) is 1. The van der Waals surface area contributed by atoms with Crippen molar-refractivity contribution in [2.24, 2.45) is 0 Å². The average molecular weight is 265 g/mol. The fourth-order valence-electron chi connectivity index (χ4n) is 2.41. The molecule has 1 N–H and O–H groups in total. The first-order valence-electron chi connectivity index (χ1n) is 6.34. The van der Waals surface area contributed by atoms with E-state index in [4.69, 9.17) is 9.47 Å². The van der Waals surface area contributed by atoms with Crippen molar-refractivity contribution in [1.29, 1.82) is 0 Å². The van der Waals surface area contributed by atoms with Crippen LogP contribution in [0.2, 0.25) is 0 Å². The van der Waals surface area contributed by atoms with Gasteiger partial charge in [0.15, 0.2) is 0 Å². The van der Waals surface area contributed by atoms with Crippen molar-refractivity contribution in [3.8, 4) is 5.75 Å². The number of ether oxygens (including phenoxy) is 2. The maximum absolute atomic E-state index is 11.2. The minimum Gasteiger partial charge on any atom is -0.496 e. The number of carboxylic acids is 1. The van der Waals surface area contributed by atoms with Crippen molar-refractivity contribution in [3.05, 3.63) is 23.8 Å². The van der Waals surface area contributed by atoms with Gasteiger partial charge in [-0.3, -0.25) is 0 Å². The molecule has 5 nitrogen and oxygen atoms in total. The minimum atomic E-state index is -0.967. The number of hydrogen-bond acceptors (Lipinski definition) is 4. The lowest BCUT2D eigenvalue weighted by molar-refractivity contribution is 0.0693. The van der Waals surface area contributed by atoms with Crippen LogP contribution in [-0.2, 0) is 4.74 Å². The number of nitrogens with zero attached hydrogens (tertiary/aromatic N) is 1. The summed E-state index contributed by atoms with van der Waals surface area (Å²) in [7, 11) is 3.21. The second kappa shape index (κ2) is 5.93. The summed E-state index contributed by atoms with van der Waals surface area (Å²) in [6.45, 7) is 1.76. The molecule has 1 heterocycles. The van der Waals surface area contributed by atoms with Gasteiger partial charge in [-0.15, -0.1) is 0 Å². The Labute approximate surface area is 112 Å². The van der Waals surface area contributed by atoms with Crippen LogP contribution in [-0.4, -0.2) is 44.5 Å². The molecule has 0 amide bonds. The van der Waals surface area contributed by atoms with Crippen LogP contribution in [0.3, 0.4) is 0 Å². The number of carboxylic acid groups (broad SMARTS) is 1. The maximum Gasteiger partial charge on any atom is 0.339 e. The molecule has 1 aliphatic rings. The standard InChI is InChI=1S/C14H19NO4/c1-18-11-5-7-15(8-6-11)10-3-4-13(19-2)12(9-10)14(16)17/h3-4,9,11H,5-8H2,1-2H3,(H,16,17). The summed E-state index contributed by atoms with van der Waals surface area (Å²) < 4.78 is 10.4. The van der Waals surface area contributed by atoms with Crippen LogP contribution in [0.1, 0.15) is 23.2 Å². The van der Waals surface area contributed by atoms with E-state index < -0.39 is 5.97 Å². The first kappa shape index (κ1) is 13.7. The van der Waals surface area contributed by atoms with E-state index >= 15 is 0 Å². The number of anilines is 1. The Morgan fingerprint density at radius 3 is 2.53 bits per heavy atom. The summed E-state index contributed by atoms with van der Waals surface area (Å²) in [6.07, 6.45) is 2.24. The molecule has 1 aromatic carbocycles. The molecule has 0 aromatic heterocycles. The summed E-state index contributed by atoms with van der Waals surface area (Å²) in [6, 6.07) is 5.29. The third-order valence-corrected chi connectivity index (χ3v) is 3.55. The lowest BCUT2D eigenvalue weighted by Crippen LogP contribution is -2.36. The zero-order valence-corrected chi connectivity index (χ0v) is 11.3. The smallest absolute Gasteiger partial charge is 0.339 e. The van der Waals surface area contributed by atoms with Gasteiger partial charge in [0.1, 0.15) is 11.3 Å². The van der Waals surface area contributed by atoms with Crippen molar-refractivity contribution in [2.75, 3.05) is 32.2 Å². The van der Waals surface area contributed by atoms with Gasteiger partial charge < -0.3 is 19.5 Å². The molecule has 0 unspecified atom stereocenters. The predicted octanol–water partition coefficient (Wildman–Crippen LogP) is 2.01. The second-order valence-corrected chi connectivity index (χ2v) is 4.61. The fraction of sp³-hybridized carbons (Fsp3) is 0.500. The molecule has 1 aromatic rings. The molecule has 1 aliphatic heterocycles. The van der Waals surface area contributed by atoms with Crippen LogP contribution in [0.25, 0.3) is 0 Å². The Hall–Kier alpha value is -1.75. The SMILES string of the molecule is COc1ccc(N2CCC(OC)CC2)cc1C(=O)O. The van der Waals surface area contributed by atoms with E-state index in [-0.39, 0.29) is 5.56 Å². The number of methoxy groups -OCH3 is 2. The van der Waals surface area contributed by atoms with Gasteiger partial charge in [0.25, 0.3) is 0 Å². The van der Waals surface area contributed by atoms with E-state index in [0.717, 1.165) is 31.6 Å². The number of carbonyl (C=O) groups is 1. The van der Waals surface area contributed by atoms with Crippen molar-refractivity contribution < 1.29 is 19.4 Å². The molecule has 104 valence electrons. The Kier molecular flexibility index (Phi) is 4.27. The Bertz CT molecular complexity index is 453. The van der Waals surface area contributed by atoms with Gasteiger partial charge in [0.05, 0.1) is 13.2 Å². The molecule has 0 bridgehead atoms. The zero-order chi connectivity index (χ0) is 13.8. The van der Waals surface area contributed by atoms with Crippen LogP contribution in [0.4, 0.5) is 5.69 Å². The molecule has 1 fully saturated rings. The Balaban J connectivity index is 2.17. The molecular weight excluding hydrogens is 246 g/mol. The predicted molar refractivity (Wildman–Crippen MR) is 72.2 cm³/mol. The van der Waals surface area contributed by atoms with Gasteiger partial charge in [-0.1, -0.05) is 0 Å². The lowest BCUT2D eigenvalue weighted by atomic mass is 10.1. The van der Waals surface area contributed by atoms with Gasteiger partial charge in [0.2, 0.25) is 0 Å². The van der Waals surface area contributed by atoms with Crippen LogP contribution in [0.15, 0.2) is 18.2 Å². The van der Waals surface area contributed by atoms with Gasteiger partial charge in [-0.25, -0.2) is 4.79 Å². The molecule has 5 heteroatoms. The molecule has 0 spiro atoms. The first-order chi connectivity index (χ1) is 9.15. The Morgan fingerprint density at radius 1 is 1.32 bits per heavy atom. The molecule has 2 rings (SSSR count). The summed E-state index contributed by atoms with van der Waals surface area (Å²) in [5.41, 5.74) is 1.13. The summed E-state index contributed by atoms with van der Waals surface area (Å²) >= 11 is 0.